The maximum Gasteiger partial charge on any atom is 0.267 e. The summed E-state index contributed by atoms with van der Waals surface area (Å²) >= 11 is 7.37. The predicted molar refractivity (Wildman–Crippen MR) is 105 cm³/mol. The molecule has 0 saturated heterocycles. The maximum atomic E-state index is 12.7. The zero-order valence-corrected chi connectivity index (χ0v) is 16.1. The number of methoxy groups -OCH3 is 2. The first kappa shape index (κ1) is 18.2. The van der Waals surface area contributed by atoms with Gasteiger partial charge in [0.25, 0.3) is 5.91 Å². The second kappa shape index (κ2) is 7.76. The molecule has 0 aliphatic heterocycles. The Kier molecular flexibility index (Phi) is 5.44. The minimum absolute atomic E-state index is 0.239. The van der Waals surface area contributed by atoms with E-state index in [0.717, 1.165) is 10.6 Å². The van der Waals surface area contributed by atoms with Gasteiger partial charge in [-0.15, -0.1) is 11.3 Å². The van der Waals surface area contributed by atoms with Crippen molar-refractivity contribution in [1.82, 2.24) is 4.98 Å². The lowest BCUT2D eigenvalue weighted by Gasteiger charge is -2.11. The lowest BCUT2D eigenvalue weighted by molar-refractivity contribution is 0.102. The highest BCUT2D eigenvalue weighted by atomic mass is 35.5. The van der Waals surface area contributed by atoms with E-state index >= 15 is 0 Å². The number of halogens is 1. The van der Waals surface area contributed by atoms with Gasteiger partial charge in [0.1, 0.15) is 21.4 Å². The van der Waals surface area contributed by atoms with Crippen molar-refractivity contribution in [1.29, 1.82) is 0 Å². The molecule has 0 fully saturated rings. The molecule has 1 heterocycles. The second-order valence-electron chi connectivity index (χ2n) is 5.46. The van der Waals surface area contributed by atoms with Crippen LogP contribution in [0, 0.1) is 6.92 Å². The van der Waals surface area contributed by atoms with Gasteiger partial charge in [-0.3, -0.25) is 4.79 Å². The molecule has 0 atom stereocenters. The summed E-state index contributed by atoms with van der Waals surface area (Å²) in [5, 5.41) is 4.25. The molecular weight excluding hydrogens is 372 g/mol. The predicted octanol–water partition coefficient (Wildman–Crippen LogP) is 5.04. The van der Waals surface area contributed by atoms with E-state index in [9.17, 15) is 4.79 Å². The lowest BCUT2D eigenvalue weighted by Crippen LogP contribution is -2.12. The van der Waals surface area contributed by atoms with Crippen LogP contribution in [0.4, 0.5) is 5.69 Å². The molecule has 26 heavy (non-hydrogen) atoms. The molecular formula is C19H17ClN2O3S. The molecule has 0 unspecified atom stereocenters. The number of carbonyl (C=O) groups excluding carboxylic acids is 1. The number of nitrogens with one attached hydrogen (secondary N) is 1. The van der Waals surface area contributed by atoms with Crippen LogP contribution in [0.25, 0.3) is 10.6 Å². The Hall–Kier alpha value is -2.57. The third kappa shape index (κ3) is 3.81. The number of benzene rings is 2. The summed E-state index contributed by atoms with van der Waals surface area (Å²) in [7, 11) is 3.12. The Balaban J connectivity index is 1.87. The number of anilines is 1. The van der Waals surface area contributed by atoms with Crippen molar-refractivity contribution in [3.8, 4) is 22.1 Å². The van der Waals surface area contributed by atoms with Crippen LogP contribution < -0.4 is 14.8 Å². The molecule has 1 amide bonds. The van der Waals surface area contributed by atoms with Crippen molar-refractivity contribution in [2.45, 2.75) is 6.92 Å². The minimum atomic E-state index is -0.239. The summed E-state index contributed by atoms with van der Waals surface area (Å²) in [6.07, 6.45) is 0. The molecule has 0 radical (unpaired) electrons. The molecule has 3 aromatic rings. The van der Waals surface area contributed by atoms with Crippen LogP contribution in [0.2, 0.25) is 5.02 Å². The van der Waals surface area contributed by atoms with Crippen LogP contribution in [0.3, 0.4) is 0 Å². The Morgan fingerprint density at radius 2 is 1.96 bits per heavy atom. The molecule has 134 valence electrons. The van der Waals surface area contributed by atoms with Gasteiger partial charge in [-0.05, 0) is 31.2 Å². The van der Waals surface area contributed by atoms with Gasteiger partial charge in [0.05, 0.1) is 25.6 Å². The Bertz CT molecular complexity index is 956. The van der Waals surface area contributed by atoms with Gasteiger partial charge < -0.3 is 14.8 Å². The number of thiazole rings is 1. The molecule has 0 bridgehead atoms. The second-order valence-corrected chi connectivity index (χ2v) is 6.90. The van der Waals surface area contributed by atoms with Crippen LogP contribution in [-0.4, -0.2) is 25.1 Å². The van der Waals surface area contributed by atoms with Gasteiger partial charge in [0, 0.05) is 16.7 Å². The van der Waals surface area contributed by atoms with Crippen molar-refractivity contribution in [2.75, 3.05) is 19.5 Å². The third-order valence-electron chi connectivity index (χ3n) is 3.73. The maximum absolute atomic E-state index is 12.7. The van der Waals surface area contributed by atoms with Crippen LogP contribution in [0.1, 0.15) is 15.4 Å². The van der Waals surface area contributed by atoms with Crippen LogP contribution in [0.5, 0.6) is 11.5 Å². The number of aromatic nitrogens is 1. The van der Waals surface area contributed by atoms with Crippen molar-refractivity contribution < 1.29 is 14.3 Å². The molecule has 7 heteroatoms. The monoisotopic (exact) mass is 388 g/mol. The average molecular weight is 389 g/mol. The number of nitrogens with zero attached hydrogens (tertiary/aromatic N) is 1. The van der Waals surface area contributed by atoms with E-state index in [2.05, 4.69) is 10.3 Å². The number of hydrogen-bond donors (Lipinski definition) is 1. The zero-order valence-electron chi connectivity index (χ0n) is 14.5. The quantitative estimate of drug-likeness (QED) is 0.665. The molecule has 0 aliphatic carbocycles. The summed E-state index contributed by atoms with van der Waals surface area (Å²) in [5.41, 5.74) is 2.11. The molecule has 1 N–H and O–H groups in total. The average Bonchev–Trinajstić information content (AvgIpc) is 3.04. The van der Waals surface area contributed by atoms with Crippen LogP contribution >= 0.6 is 22.9 Å². The summed E-state index contributed by atoms with van der Waals surface area (Å²) in [5.74, 6) is 0.934. The first-order valence-electron chi connectivity index (χ1n) is 7.78. The molecule has 0 aliphatic rings. The number of amides is 1. The Morgan fingerprint density at radius 1 is 1.15 bits per heavy atom. The Morgan fingerprint density at radius 3 is 2.65 bits per heavy atom. The summed E-state index contributed by atoms with van der Waals surface area (Å²) in [6, 6.07) is 12.6. The van der Waals surface area contributed by atoms with Gasteiger partial charge in [0.2, 0.25) is 0 Å². The molecule has 3 rings (SSSR count). The van der Waals surface area contributed by atoms with Gasteiger partial charge in [0.15, 0.2) is 0 Å². The van der Waals surface area contributed by atoms with E-state index in [1.165, 1.54) is 11.3 Å². The van der Waals surface area contributed by atoms with E-state index < -0.39 is 0 Å². The zero-order chi connectivity index (χ0) is 18.7. The van der Waals surface area contributed by atoms with Crippen molar-refractivity contribution in [3.63, 3.8) is 0 Å². The van der Waals surface area contributed by atoms with Crippen LogP contribution in [-0.2, 0) is 0 Å². The first-order chi connectivity index (χ1) is 12.5. The number of carbonyl (C=O) groups is 1. The summed E-state index contributed by atoms with van der Waals surface area (Å²) in [6.45, 7) is 1.81. The number of rotatable bonds is 5. The van der Waals surface area contributed by atoms with Gasteiger partial charge in [-0.2, -0.15) is 0 Å². The first-order valence-corrected chi connectivity index (χ1v) is 8.98. The standard InChI is InChI=1S/C19H17ClN2O3S/c1-11-17(26-19(21-11)12-5-4-6-13(20)9-12)18(23)22-15-8-7-14(24-2)10-16(15)25-3/h4-10H,1-3H3,(H,22,23). The SMILES string of the molecule is COc1ccc(NC(=O)c2sc(-c3cccc(Cl)c3)nc2C)c(OC)c1. The fourth-order valence-electron chi connectivity index (χ4n) is 2.43. The van der Waals surface area contributed by atoms with E-state index in [-0.39, 0.29) is 5.91 Å². The fraction of sp³-hybridized carbons (Fsp3) is 0.158. The smallest absolute Gasteiger partial charge is 0.267 e. The van der Waals surface area contributed by atoms with Crippen molar-refractivity contribution >= 4 is 34.5 Å². The van der Waals surface area contributed by atoms with Gasteiger partial charge >= 0.3 is 0 Å². The molecule has 2 aromatic carbocycles. The third-order valence-corrected chi connectivity index (χ3v) is 5.17. The minimum Gasteiger partial charge on any atom is -0.497 e. The van der Waals surface area contributed by atoms with Crippen LogP contribution in [0.15, 0.2) is 42.5 Å². The highest BCUT2D eigenvalue weighted by molar-refractivity contribution is 7.17. The molecule has 0 spiro atoms. The van der Waals surface area contributed by atoms with E-state index in [1.54, 1.807) is 38.5 Å². The molecule has 5 nitrogen and oxygen atoms in total. The van der Waals surface area contributed by atoms with Crippen molar-refractivity contribution in [3.05, 3.63) is 58.1 Å². The fourth-order valence-corrected chi connectivity index (χ4v) is 3.58. The van der Waals surface area contributed by atoms with Gasteiger partial charge in [-0.25, -0.2) is 4.98 Å². The highest BCUT2D eigenvalue weighted by Gasteiger charge is 2.18. The Labute approximate surface area is 160 Å². The van der Waals surface area contributed by atoms with Crippen molar-refractivity contribution in [2.24, 2.45) is 0 Å². The summed E-state index contributed by atoms with van der Waals surface area (Å²) in [4.78, 5) is 17.8. The normalized spacial score (nSPS) is 10.5. The van der Waals surface area contributed by atoms with E-state index in [1.807, 2.05) is 25.1 Å². The van der Waals surface area contributed by atoms with E-state index in [0.29, 0.717) is 32.8 Å². The molecule has 1 aromatic heterocycles. The lowest BCUT2D eigenvalue weighted by atomic mass is 10.2. The summed E-state index contributed by atoms with van der Waals surface area (Å²) < 4.78 is 10.5. The molecule has 0 saturated carbocycles. The topological polar surface area (TPSA) is 60.5 Å². The number of aryl methyl sites for hydroxylation is 1. The number of ether oxygens (including phenoxy) is 2. The highest BCUT2D eigenvalue weighted by Crippen LogP contribution is 2.32. The number of hydrogen-bond acceptors (Lipinski definition) is 5. The van der Waals surface area contributed by atoms with Gasteiger partial charge in [-0.1, -0.05) is 23.7 Å². The van der Waals surface area contributed by atoms with E-state index in [4.69, 9.17) is 21.1 Å². The largest absolute Gasteiger partial charge is 0.497 e.